The third-order valence-electron chi connectivity index (χ3n) is 5.09. The van der Waals surface area contributed by atoms with Crippen LogP contribution in [0, 0.1) is 0 Å². The van der Waals surface area contributed by atoms with E-state index in [9.17, 15) is 13.2 Å². The fourth-order valence-electron chi connectivity index (χ4n) is 3.30. The van der Waals surface area contributed by atoms with E-state index in [0.29, 0.717) is 22.2 Å². The van der Waals surface area contributed by atoms with Gasteiger partial charge in [0.2, 0.25) is 5.91 Å². The SMILES string of the molecule is CCS(=O)(=O)c1ccc(CC(=O)N(Cc2ccccc2)c2nc3c(Cl)cccc3s2)cc1. The second kappa shape index (κ2) is 9.40. The number of thiazole rings is 1. The summed E-state index contributed by atoms with van der Waals surface area (Å²) >= 11 is 7.72. The van der Waals surface area contributed by atoms with E-state index < -0.39 is 9.84 Å². The van der Waals surface area contributed by atoms with Crippen molar-refractivity contribution in [2.24, 2.45) is 0 Å². The van der Waals surface area contributed by atoms with Gasteiger partial charge in [-0.2, -0.15) is 0 Å². The van der Waals surface area contributed by atoms with Crippen LogP contribution in [-0.2, 0) is 27.6 Å². The average molecular weight is 485 g/mol. The molecule has 4 rings (SSSR count). The van der Waals surface area contributed by atoms with Crippen LogP contribution < -0.4 is 4.90 Å². The Kier molecular flexibility index (Phi) is 6.60. The first-order chi connectivity index (χ1) is 15.4. The molecule has 0 unspecified atom stereocenters. The first-order valence-corrected chi connectivity index (χ1v) is 12.9. The molecule has 1 amide bonds. The minimum Gasteiger partial charge on any atom is -0.283 e. The fraction of sp³-hybridized carbons (Fsp3) is 0.167. The third kappa shape index (κ3) is 4.85. The van der Waals surface area contributed by atoms with E-state index in [4.69, 9.17) is 11.6 Å². The zero-order valence-electron chi connectivity index (χ0n) is 17.4. The lowest BCUT2D eigenvalue weighted by atomic mass is 10.1. The smallest absolute Gasteiger partial charge is 0.233 e. The van der Waals surface area contributed by atoms with Crippen LogP contribution in [0.4, 0.5) is 5.13 Å². The van der Waals surface area contributed by atoms with Gasteiger partial charge < -0.3 is 0 Å². The number of anilines is 1. The Morgan fingerprint density at radius 1 is 0.969 bits per heavy atom. The maximum Gasteiger partial charge on any atom is 0.233 e. The summed E-state index contributed by atoms with van der Waals surface area (Å²) in [6.07, 6.45) is 0.128. The highest BCUT2D eigenvalue weighted by Crippen LogP contribution is 2.33. The number of carbonyl (C=O) groups excluding carboxylic acids is 1. The van der Waals surface area contributed by atoms with Crippen molar-refractivity contribution < 1.29 is 13.2 Å². The highest BCUT2D eigenvalue weighted by Gasteiger charge is 2.21. The number of aromatic nitrogens is 1. The Morgan fingerprint density at radius 3 is 2.34 bits per heavy atom. The summed E-state index contributed by atoms with van der Waals surface area (Å²) in [6, 6.07) is 21.8. The molecule has 0 radical (unpaired) electrons. The van der Waals surface area contributed by atoms with Crippen molar-refractivity contribution in [3.05, 3.63) is 88.9 Å². The maximum atomic E-state index is 13.4. The average Bonchev–Trinajstić information content (AvgIpc) is 3.24. The number of nitrogens with zero attached hydrogens (tertiary/aromatic N) is 2. The number of fused-ring (bicyclic) bond motifs is 1. The van der Waals surface area contributed by atoms with Crippen LogP contribution in [0.15, 0.2) is 77.7 Å². The number of halogens is 1. The van der Waals surface area contributed by atoms with E-state index in [1.165, 1.54) is 11.3 Å². The number of amides is 1. The summed E-state index contributed by atoms with van der Waals surface area (Å²) in [4.78, 5) is 19.9. The van der Waals surface area contributed by atoms with Gasteiger partial charge in [-0.25, -0.2) is 13.4 Å². The molecule has 4 aromatic rings. The molecule has 3 aromatic carbocycles. The molecular formula is C24H21ClN2O3S2. The molecule has 0 aliphatic heterocycles. The molecular weight excluding hydrogens is 464 g/mol. The maximum absolute atomic E-state index is 13.4. The molecule has 0 saturated heterocycles. The van der Waals surface area contributed by atoms with Crippen LogP contribution >= 0.6 is 22.9 Å². The minimum atomic E-state index is -3.28. The summed E-state index contributed by atoms with van der Waals surface area (Å²) in [5.41, 5.74) is 2.40. The van der Waals surface area contributed by atoms with Crippen molar-refractivity contribution in [2.45, 2.75) is 24.8 Å². The molecule has 0 aliphatic rings. The molecule has 0 atom stereocenters. The molecule has 32 heavy (non-hydrogen) atoms. The Bertz CT molecular complexity index is 1350. The molecule has 5 nitrogen and oxygen atoms in total. The van der Waals surface area contributed by atoms with Gasteiger partial charge in [0.05, 0.1) is 33.3 Å². The van der Waals surface area contributed by atoms with Gasteiger partial charge in [0.25, 0.3) is 0 Å². The van der Waals surface area contributed by atoms with Gasteiger partial charge in [-0.15, -0.1) is 0 Å². The standard InChI is InChI=1S/C24H21ClN2O3S2/c1-2-32(29,30)19-13-11-17(12-14-19)15-22(28)27(16-18-7-4-3-5-8-18)24-26-23-20(25)9-6-10-21(23)31-24/h3-14H,2,15-16H2,1H3. The molecule has 0 fully saturated rings. The minimum absolute atomic E-state index is 0.0380. The van der Waals surface area contributed by atoms with Gasteiger partial charge in [-0.3, -0.25) is 9.69 Å². The van der Waals surface area contributed by atoms with Gasteiger partial charge in [0.1, 0.15) is 5.52 Å². The predicted octanol–water partition coefficient (Wildman–Crippen LogP) is 5.52. The predicted molar refractivity (Wildman–Crippen MR) is 130 cm³/mol. The van der Waals surface area contributed by atoms with Crippen LogP contribution in [0.1, 0.15) is 18.1 Å². The van der Waals surface area contributed by atoms with Gasteiger partial charge in [-0.05, 0) is 35.4 Å². The largest absolute Gasteiger partial charge is 0.283 e. The van der Waals surface area contributed by atoms with E-state index in [0.717, 1.165) is 15.8 Å². The Balaban J connectivity index is 1.64. The number of hydrogen-bond acceptors (Lipinski definition) is 5. The van der Waals surface area contributed by atoms with Crippen molar-refractivity contribution in [2.75, 3.05) is 10.7 Å². The summed E-state index contributed by atoms with van der Waals surface area (Å²) in [5, 5.41) is 1.12. The van der Waals surface area contributed by atoms with E-state index in [-0.39, 0.29) is 23.0 Å². The van der Waals surface area contributed by atoms with Crippen LogP contribution in [0.5, 0.6) is 0 Å². The number of hydrogen-bond donors (Lipinski definition) is 0. The summed E-state index contributed by atoms with van der Waals surface area (Å²) in [7, 11) is -3.28. The first-order valence-electron chi connectivity index (χ1n) is 10.1. The van der Waals surface area contributed by atoms with Crippen LogP contribution in [0.3, 0.4) is 0 Å². The van der Waals surface area contributed by atoms with Gasteiger partial charge in [0, 0.05) is 0 Å². The van der Waals surface area contributed by atoms with Crippen molar-refractivity contribution in [3.63, 3.8) is 0 Å². The molecule has 1 heterocycles. The van der Waals surface area contributed by atoms with Crippen molar-refractivity contribution in [3.8, 4) is 0 Å². The number of sulfone groups is 1. The highest BCUT2D eigenvalue weighted by atomic mass is 35.5. The van der Waals surface area contributed by atoms with E-state index in [1.54, 1.807) is 42.2 Å². The van der Waals surface area contributed by atoms with Crippen LogP contribution in [-0.4, -0.2) is 25.1 Å². The van der Waals surface area contributed by atoms with E-state index in [1.807, 2.05) is 42.5 Å². The molecule has 1 aromatic heterocycles. The van der Waals surface area contributed by atoms with Gasteiger partial charge in [-0.1, -0.05) is 78.4 Å². The zero-order valence-corrected chi connectivity index (χ0v) is 19.8. The van der Waals surface area contributed by atoms with Gasteiger partial charge in [0.15, 0.2) is 15.0 Å². The summed E-state index contributed by atoms with van der Waals surface area (Å²) in [5.74, 6) is -0.0915. The fourth-order valence-corrected chi connectivity index (χ4v) is 5.46. The van der Waals surface area contributed by atoms with Crippen molar-refractivity contribution >= 4 is 54.0 Å². The quantitative estimate of drug-likeness (QED) is 0.346. The molecule has 164 valence electrons. The number of benzene rings is 3. The second-order valence-electron chi connectivity index (χ2n) is 7.27. The monoisotopic (exact) mass is 484 g/mol. The summed E-state index contributed by atoms with van der Waals surface area (Å²) in [6.45, 7) is 1.98. The molecule has 0 aliphatic carbocycles. The highest BCUT2D eigenvalue weighted by molar-refractivity contribution is 7.91. The molecule has 0 saturated carbocycles. The van der Waals surface area contributed by atoms with Crippen molar-refractivity contribution in [1.29, 1.82) is 0 Å². The van der Waals surface area contributed by atoms with Crippen LogP contribution in [0.2, 0.25) is 5.02 Å². The third-order valence-corrected chi connectivity index (χ3v) is 8.19. The number of para-hydroxylation sites is 1. The number of rotatable bonds is 7. The van der Waals surface area contributed by atoms with E-state index in [2.05, 4.69) is 4.98 Å². The Labute approximate surface area is 196 Å². The summed E-state index contributed by atoms with van der Waals surface area (Å²) < 4.78 is 25.0. The lowest BCUT2D eigenvalue weighted by molar-refractivity contribution is -0.118. The normalized spacial score (nSPS) is 11.6. The lowest BCUT2D eigenvalue weighted by Crippen LogP contribution is -2.31. The zero-order chi connectivity index (χ0) is 22.7. The Hall–Kier alpha value is -2.74. The second-order valence-corrected chi connectivity index (χ2v) is 11.0. The van der Waals surface area contributed by atoms with E-state index >= 15 is 0 Å². The lowest BCUT2D eigenvalue weighted by Gasteiger charge is -2.20. The molecule has 0 spiro atoms. The molecule has 0 bridgehead atoms. The number of carbonyl (C=O) groups is 1. The van der Waals surface area contributed by atoms with Crippen LogP contribution in [0.25, 0.3) is 10.2 Å². The van der Waals surface area contributed by atoms with Gasteiger partial charge >= 0.3 is 0 Å². The molecule has 0 N–H and O–H groups in total. The topological polar surface area (TPSA) is 67.3 Å². The first kappa shape index (κ1) is 22.5. The van der Waals surface area contributed by atoms with Crippen molar-refractivity contribution in [1.82, 2.24) is 4.98 Å². The Morgan fingerprint density at radius 2 is 1.69 bits per heavy atom. The molecule has 8 heteroatoms.